The van der Waals surface area contributed by atoms with Gasteiger partial charge >= 0.3 is 5.97 Å². The van der Waals surface area contributed by atoms with Gasteiger partial charge in [-0.05, 0) is 24.6 Å². The summed E-state index contributed by atoms with van der Waals surface area (Å²) in [5.41, 5.74) is 3.47. The van der Waals surface area contributed by atoms with Gasteiger partial charge in [0.1, 0.15) is 17.4 Å². The summed E-state index contributed by atoms with van der Waals surface area (Å²) in [6.07, 6.45) is 0. The Bertz CT molecular complexity index is 1380. The summed E-state index contributed by atoms with van der Waals surface area (Å²) in [6, 6.07) is 16.8. The van der Waals surface area contributed by atoms with Crippen LogP contribution >= 0.6 is 0 Å². The van der Waals surface area contributed by atoms with E-state index in [0.29, 0.717) is 39.6 Å². The highest BCUT2D eigenvalue weighted by Gasteiger charge is 2.47. The number of hydrogen-bond donors (Lipinski definition) is 0. The number of ketones is 1. The van der Waals surface area contributed by atoms with E-state index in [1.807, 2.05) is 12.1 Å². The first kappa shape index (κ1) is 20.6. The molecule has 2 aliphatic rings. The third-order valence-corrected chi connectivity index (χ3v) is 6.10. The second-order valence-corrected chi connectivity index (χ2v) is 7.94. The maximum atomic E-state index is 13.4. The van der Waals surface area contributed by atoms with Gasteiger partial charge in [-0.15, -0.1) is 0 Å². The Labute approximate surface area is 189 Å². The minimum atomic E-state index is -1.27. The molecule has 0 fully saturated rings. The van der Waals surface area contributed by atoms with Crippen LogP contribution in [0.15, 0.2) is 75.6 Å². The summed E-state index contributed by atoms with van der Waals surface area (Å²) in [4.78, 5) is 41.8. The first-order valence-electron chi connectivity index (χ1n) is 10.3. The maximum Gasteiger partial charge on any atom is 0.315 e. The molecule has 0 saturated carbocycles. The minimum Gasteiger partial charge on any atom is -0.545 e. The predicted octanol–water partition coefficient (Wildman–Crippen LogP) is 3.27. The number of furan rings is 1. The Morgan fingerprint density at radius 2 is 1.70 bits per heavy atom. The molecule has 2 heterocycles. The van der Waals surface area contributed by atoms with Crippen LogP contribution in [0.25, 0.3) is 17.0 Å². The molecule has 0 N–H and O–H groups in total. The van der Waals surface area contributed by atoms with Crippen LogP contribution in [-0.2, 0) is 9.53 Å². The molecule has 1 aliphatic carbocycles. The molecule has 0 radical (unpaired) electrons. The zero-order chi connectivity index (χ0) is 23.3. The van der Waals surface area contributed by atoms with Crippen LogP contribution in [0.4, 0.5) is 0 Å². The number of nitrogens with zero attached hydrogens (tertiary/aromatic N) is 1. The third-order valence-electron chi connectivity index (χ3n) is 6.10. The summed E-state index contributed by atoms with van der Waals surface area (Å²) in [5, 5.41) is 11.0. The Hall–Kier alpha value is -4.26. The normalized spacial score (nSPS) is 19.1. The smallest absolute Gasteiger partial charge is 0.315 e. The van der Waals surface area contributed by atoms with E-state index in [1.165, 1.54) is 19.2 Å². The second kappa shape index (κ2) is 7.70. The highest BCUT2D eigenvalue weighted by molar-refractivity contribution is 6.24. The number of hydrogen-bond acceptors (Lipinski definition) is 7. The fourth-order valence-electron chi connectivity index (χ4n) is 4.53. The number of ether oxygens (including phenoxy) is 1. The van der Waals surface area contributed by atoms with Crippen LogP contribution < -0.4 is 5.11 Å². The molecule has 3 aromatic rings. The number of fused-ring (bicyclic) bond motifs is 2. The monoisotopic (exact) mass is 440 g/mol. The van der Waals surface area contributed by atoms with E-state index in [2.05, 4.69) is 4.99 Å². The molecule has 164 valence electrons. The second-order valence-electron chi connectivity index (χ2n) is 7.94. The van der Waals surface area contributed by atoms with Gasteiger partial charge in [0.2, 0.25) is 0 Å². The van der Waals surface area contributed by atoms with E-state index in [4.69, 9.17) is 9.15 Å². The minimum absolute atomic E-state index is 0.0551. The largest absolute Gasteiger partial charge is 0.545 e. The zero-order valence-electron chi connectivity index (χ0n) is 17.8. The lowest BCUT2D eigenvalue weighted by atomic mass is 9.78. The van der Waals surface area contributed by atoms with Crippen molar-refractivity contribution >= 4 is 29.1 Å². The van der Waals surface area contributed by atoms with Crippen molar-refractivity contribution in [3.63, 3.8) is 0 Å². The molecule has 5 rings (SSSR count). The Balaban J connectivity index is 1.62. The molecule has 2 aromatic carbocycles. The average molecular weight is 440 g/mol. The van der Waals surface area contributed by atoms with E-state index in [1.54, 1.807) is 43.3 Å². The number of methoxy groups -OCH3 is 1. The number of benzene rings is 2. The summed E-state index contributed by atoms with van der Waals surface area (Å²) in [7, 11) is 1.30. The highest BCUT2D eigenvalue weighted by Crippen LogP contribution is 2.48. The quantitative estimate of drug-likeness (QED) is 0.576. The predicted molar refractivity (Wildman–Crippen MR) is 118 cm³/mol. The van der Waals surface area contributed by atoms with Crippen LogP contribution in [0.1, 0.15) is 44.9 Å². The molecule has 0 amide bonds. The molecule has 7 nitrogen and oxygen atoms in total. The Morgan fingerprint density at radius 3 is 2.36 bits per heavy atom. The summed E-state index contributed by atoms with van der Waals surface area (Å²) < 4.78 is 11.2. The number of carboxylic acid groups (broad SMARTS) is 1. The highest BCUT2D eigenvalue weighted by atomic mass is 16.5. The van der Waals surface area contributed by atoms with Gasteiger partial charge in [-0.1, -0.05) is 48.5 Å². The summed E-state index contributed by atoms with van der Waals surface area (Å²) in [6.45, 7) is 1.74. The van der Waals surface area contributed by atoms with Crippen molar-refractivity contribution in [3.05, 3.63) is 88.7 Å². The number of Topliss-reactive ketones (excluding diaryl/α,β-unsaturated/α-hetero) is 1. The molecule has 1 unspecified atom stereocenters. The molecular formula is C26H18NO6-. The number of esters is 1. The fourth-order valence-corrected chi connectivity index (χ4v) is 4.53. The number of carbonyl (C=O) groups excluding carboxylic acids is 3. The van der Waals surface area contributed by atoms with Gasteiger partial charge in [-0.3, -0.25) is 14.6 Å². The standard InChI is InChI=1S/C26H19NO6/c1-13-20(26(31)32-2)21(22-23(27-13)16-5-3-4-6-17(16)24(22)28)19-12-11-18(33-19)14-7-9-15(10-8-14)25(29)30/h3-12,20-21H,1-2H3,(H,29,30)/p-1/t20?,21-/m1/s1. The fraction of sp³-hybridized carbons (Fsp3) is 0.154. The number of aromatic carboxylic acids is 1. The van der Waals surface area contributed by atoms with E-state index in [-0.39, 0.29) is 11.3 Å². The lowest BCUT2D eigenvalue weighted by Gasteiger charge is -2.28. The molecule has 0 saturated heterocycles. The Morgan fingerprint density at radius 1 is 1.00 bits per heavy atom. The maximum absolute atomic E-state index is 13.4. The van der Waals surface area contributed by atoms with Crippen molar-refractivity contribution in [1.82, 2.24) is 0 Å². The van der Waals surface area contributed by atoms with Crippen LogP contribution in [-0.4, -0.2) is 30.5 Å². The van der Waals surface area contributed by atoms with Crippen LogP contribution in [0.3, 0.4) is 0 Å². The molecule has 0 bridgehead atoms. The van der Waals surface area contributed by atoms with Crippen molar-refractivity contribution in [2.45, 2.75) is 12.8 Å². The number of allylic oxidation sites excluding steroid dienone is 1. The summed E-state index contributed by atoms with van der Waals surface area (Å²) >= 11 is 0. The number of carbonyl (C=O) groups is 3. The molecular weight excluding hydrogens is 422 g/mol. The van der Waals surface area contributed by atoms with Crippen LogP contribution in [0, 0.1) is 5.92 Å². The van der Waals surface area contributed by atoms with Gasteiger partial charge in [0.25, 0.3) is 0 Å². The lowest BCUT2D eigenvalue weighted by molar-refractivity contribution is -0.255. The van der Waals surface area contributed by atoms with Crippen molar-refractivity contribution in [2.75, 3.05) is 7.11 Å². The topological polar surface area (TPSA) is 109 Å². The van der Waals surface area contributed by atoms with E-state index < -0.39 is 23.8 Å². The molecule has 1 aliphatic heterocycles. The average Bonchev–Trinajstić information content (AvgIpc) is 3.42. The molecule has 7 heteroatoms. The third kappa shape index (κ3) is 3.20. The van der Waals surface area contributed by atoms with Gasteiger partial charge in [-0.2, -0.15) is 0 Å². The van der Waals surface area contributed by atoms with Gasteiger partial charge in [0, 0.05) is 28.0 Å². The lowest BCUT2D eigenvalue weighted by Crippen LogP contribution is -2.34. The van der Waals surface area contributed by atoms with Crippen molar-refractivity contribution in [3.8, 4) is 11.3 Å². The van der Waals surface area contributed by atoms with Gasteiger partial charge < -0.3 is 19.1 Å². The van der Waals surface area contributed by atoms with Crippen LogP contribution in [0.2, 0.25) is 0 Å². The number of rotatable bonds is 4. The first-order valence-corrected chi connectivity index (χ1v) is 10.3. The van der Waals surface area contributed by atoms with Crippen LogP contribution in [0.5, 0.6) is 0 Å². The first-order chi connectivity index (χ1) is 15.9. The molecule has 33 heavy (non-hydrogen) atoms. The van der Waals surface area contributed by atoms with E-state index in [9.17, 15) is 19.5 Å². The van der Waals surface area contributed by atoms with Crippen molar-refractivity contribution in [2.24, 2.45) is 10.9 Å². The van der Waals surface area contributed by atoms with Gasteiger partial charge in [-0.25, -0.2) is 0 Å². The Kier molecular flexibility index (Phi) is 4.82. The van der Waals surface area contributed by atoms with Crippen molar-refractivity contribution < 1.29 is 28.6 Å². The van der Waals surface area contributed by atoms with Crippen molar-refractivity contribution in [1.29, 1.82) is 0 Å². The summed E-state index contributed by atoms with van der Waals surface area (Å²) in [5.74, 6) is -2.58. The van der Waals surface area contributed by atoms with Gasteiger partial charge in [0.15, 0.2) is 5.78 Å². The van der Waals surface area contributed by atoms with E-state index in [0.717, 1.165) is 5.56 Å². The molecule has 2 atom stereocenters. The number of carboxylic acids is 1. The SMILES string of the molecule is COC(=O)C1C(C)=NC2=C(C(=O)c3ccccc32)[C@@H]1c1ccc(-c2ccc(C(=O)[O-])cc2)o1. The van der Waals surface area contributed by atoms with Gasteiger partial charge in [0.05, 0.1) is 24.7 Å². The molecule has 1 aromatic heterocycles. The number of aliphatic imine (C=N–C) groups is 1. The zero-order valence-corrected chi connectivity index (χ0v) is 17.8. The molecule has 0 spiro atoms. The van der Waals surface area contributed by atoms with E-state index >= 15 is 0 Å².